The van der Waals surface area contributed by atoms with Crippen molar-refractivity contribution in [1.29, 1.82) is 0 Å². The minimum atomic E-state index is -0.413. The second kappa shape index (κ2) is 8.91. The molecular formula is C24H28N2O5+2. The highest BCUT2D eigenvalue weighted by Crippen LogP contribution is 2.39. The van der Waals surface area contributed by atoms with E-state index in [2.05, 4.69) is 6.92 Å². The van der Waals surface area contributed by atoms with Gasteiger partial charge in [-0.25, -0.2) is 4.79 Å². The van der Waals surface area contributed by atoms with Gasteiger partial charge >= 0.3 is 5.97 Å². The first kappa shape index (κ1) is 21.1. The molecule has 3 N–H and O–H groups in total. The molecule has 0 aromatic heterocycles. The van der Waals surface area contributed by atoms with Gasteiger partial charge in [0, 0.05) is 0 Å². The largest absolute Gasteiger partial charge is 0.507 e. The third-order valence-corrected chi connectivity index (χ3v) is 6.14. The number of carbonyl (C=O) groups excluding carboxylic acids is 2. The molecule has 1 fully saturated rings. The van der Waals surface area contributed by atoms with Crippen LogP contribution < -0.4 is 14.5 Å². The number of phenols is 1. The molecule has 0 bridgehead atoms. The molecule has 4 rings (SSSR count). The van der Waals surface area contributed by atoms with Crippen molar-refractivity contribution in [3.63, 3.8) is 0 Å². The SMILES string of the molecule is CC[NH+]1CC[NH+](Cc2c(O)ccc3c2OC(=Cc2ccc(C(=O)OC)cc2)C3=O)CC1. The lowest BCUT2D eigenvalue weighted by molar-refractivity contribution is -1.02. The van der Waals surface area contributed by atoms with Crippen molar-refractivity contribution < 1.29 is 34.0 Å². The second-order valence-corrected chi connectivity index (χ2v) is 8.02. The molecule has 2 heterocycles. The maximum atomic E-state index is 12.9. The number of benzene rings is 2. The summed E-state index contributed by atoms with van der Waals surface area (Å²) in [7, 11) is 1.33. The number of aromatic hydroxyl groups is 1. The average Bonchev–Trinajstić information content (AvgIpc) is 3.11. The lowest BCUT2D eigenvalue weighted by Crippen LogP contribution is -3.27. The van der Waals surface area contributed by atoms with E-state index in [1.54, 1.807) is 47.4 Å². The molecule has 162 valence electrons. The molecule has 0 atom stereocenters. The number of piperazine rings is 1. The summed E-state index contributed by atoms with van der Waals surface area (Å²) in [6, 6.07) is 9.95. The highest BCUT2D eigenvalue weighted by Gasteiger charge is 2.33. The van der Waals surface area contributed by atoms with E-state index >= 15 is 0 Å². The fourth-order valence-electron chi connectivity index (χ4n) is 4.19. The number of nitrogens with one attached hydrogen (secondary N) is 2. The number of ether oxygens (including phenoxy) is 2. The number of methoxy groups -OCH3 is 1. The number of esters is 1. The maximum absolute atomic E-state index is 12.9. The fourth-order valence-corrected chi connectivity index (χ4v) is 4.19. The van der Waals surface area contributed by atoms with Crippen LogP contribution in [0.1, 0.15) is 38.8 Å². The van der Waals surface area contributed by atoms with Crippen molar-refractivity contribution in [3.8, 4) is 11.5 Å². The smallest absolute Gasteiger partial charge is 0.337 e. The predicted molar refractivity (Wildman–Crippen MR) is 114 cm³/mol. The molecule has 0 radical (unpaired) electrons. The molecule has 2 aromatic carbocycles. The van der Waals surface area contributed by atoms with E-state index in [-0.39, 0.29) is 17.3 Å². The van der Waals surface area contributed by atoms with Gasteiger partial charge < -0.3 is 24.4 Å². The Morgan fingerprint density at radius 2 is 1.77 bits per heavy atom. The molecule has 0 aliphatic carbocycles. The van der Waals surface area contributed by atoms with Crippen molar-refractivity contribution in [2.45, 2.75) is 13.5 Å². The number of hydrogen-bond donors (Lipinski definition) is 3. The number of allylic oxidation sites excluding steroid dienone is 1. The van der Waals surface area contributed by atoms with E-state index in [4.69, 9.17) is 9.47 Å². The monoisotopic (exact) mass is 424 g/mol. The normalized spacial score (nSPS) is 21.6. The third kappa shape index (κ3) is 4.33. The summed E-state index contributed by atoms with van der Waals surface area (Å²) in [5, 5.41) is 10.5. The molecule has 7 nitrogen and oxygen atoms in total. The zero-order valence-electron chi connectivity index (χ0n) is 17.9. The van der Waals surface area contributed by atoms with Crippen molar-refractivity contribution in [2.24, 2.45) is 0 Å². The van der Waals surface area contributed by atoms with Crippen molar-refractivity contribution in [3.05, 3.63) is 64.4 Å². The maximum Gasteiger partial charge on any atom is 0.337 e. The number of hydrogen-bond acceptors (Lipinski definition) is 5. The fraction of sp³-hybridized carbons (Fsp3) is 0.333. The molecule has 2 aliphatic heterocycles. The molecule has 1 saturated heterocycles. The summed E-state index contributed by atoms with van der Waals surface area (Å²) in [5.74, 6) is 0.212. The first-order valence-electron chi connectivity index (χ1n) is 10.6. The molecular weight excluding hydrogens is 396 g/mol. The Balaban J connectivity index is 1.55. The Bertz CT molecular complexity index is 1020. The van der Waals surface area contributed by atoms with Crippen LogP contribution in [0.4, 0.5) is 0 Å². The van der Waals surface area contributed by atoms with Gasteiger partial charge in [-0.15, -0.1) is 0 Å². The number of likely N-dealkylation sites (N-methyl/N-ethyl adjacent to an activating group) is 1. The van der Waals surface area contributed by atoms with Crippen LogP contribution in [0.25, 0.3) is 6.08 Å². The van der Waals surface area contributed by atoms with Crippen LogP contribution in [0.5, 0.6) is 11.5 Å². The van der Waals surface area contributed by atoms with Crippen molar-refractivity contribution in [2.75, 3.05) is 39.8 Å². The van der Waals surface area contributed by atoms with E-state index < -0.39 is 5.97 Å². The van der Waals surface area contributed by atoms with Gasteiger partial charge in [-0.1, -0.05) is 12.1 Å². The van der Waals surface area contributed by atoms with E-state index in [1.165, 1.54) is 12.0 Å². The van der Waals surface area contributed by atoms with E-state index in [9.17, 15) is 14.7 Å². The van der Waals surface area contributed by atoms with Crippen LogP contribution in [0.2, 0.25) is 0 Å². The summed E-state index contributed by atoms with van der Waals surface area (Å²) in [6.45, 7) is 8.21. The molecule has 7 heteroatoms. The summed E-state index contributed by atoms with van der Waals surface area (Å²) in [5.41, 5.74) is 2.33. The van der Waals surface area contributed by atoms with Crippen LogP contribution >= 0.6 is 0 Å². The van der Waals surface area contributed by atoms with Gasteiger partial charge in [0.05, 0.1) is 30.3 Å². The molecule has 0 saturated carbocycles. The molecule has 0 spiro atoms. The number of rotatable bonds is 5. The molecule has 0 unspecified atom stereocenters. The zero-order chi connectivity index (χ0) is 22.0. The van der Waals surface area contributed by atoms with Crippen LogP contribution in [-0.4, -0.2) is 56.7 Å². The topological polar surface area (TPSA) is 81.7 Å². The first-order valence-corrected chi connectivity index (χ1v) is 10.6. The van der Waals surface area contributed by atoms with E-state index in [0.717, 1.165) is 38.3 Å². The highest BCUT2D eigenvalue weighted by atomic mass is 16.5. The summed E-state index contributed by atoms with van der Waals surface area (Å²) in [4.78, 5) is 27.5. The van der Waals surface area contributed by atoms with Crippen LogP contribution in [0.15, 0.2) is 42.2 Å². The molecule has 31 heavy (non-hydrogen) atoms. The third-order valence-electron chi connectivity index (χ3n) is 6.14. The van der Waals surface area contributed by atoms with Gasteiger partial charge in [0.25, 0.3) is 0 Å². The van der Waals surface area contributed by atoms with Gasteiger partial charge in [-0.05, 0) is 42.8 Å². The number of fused-ring (bicyclic) bond motifs is 1. The van der Waals surface area contributed by atoms with E-state index in [1.807, 2.05) is 0 Å². The Kier molecular flexibility index (Phi) is 6.06. The first-order chi connectivity index (χ1) is 15.0. The Morgan fingerprint density at radius 1 is 1.10 bits per heavy atom. The van der Waals surface area contributed by atoms with Crippen LogP contribution in [0, 0.1) is 0 Å². The number of carbonyl (C=O) groups is 2. The van der Waals surface area contributed by atoms with Crippen molar-refractivity contribution >= 4 is 17.8 Å². The molecule has 2 aliphatic rings. The Hall–Kier alpha value is -3.16. The number of quaternary nitrogens is 2. The lowest BCUT2D eigenvalue weighted by Gasteiger charge is -2.29. The van der Waals surface area contributed by atoms with Gasteiger partial charge in [-0.2, -0.15) is 0 Å². The van der Waals surface area contributed by atoms with Gasteiger partial charge in [0.1, 0.15) is 38.5 Å². The predicted octanol–water partition coefficient (Wildman–Crippen LogP) is 0.0983. The summed E-state index contributed by atoms with van der Waals surface area (Å²) < 4.78 is 10.7. The highest BCUT2D eigenvalue weighted by molar-refractivity contribution is 6.15. The van der Waals surface area contributed by atoms with Crippen LogP contribution in [0.3, 0.4) is 0 Å². The summed E-state index contributed by atoms with van der Waals surface area (Å²) in [6.07, 6.45) is 1.65. The number of Topliss-reactive ketones (excluding diaryl/α,β-unsaturated/α-hetero) is 1. The Morgan fingerprint density at radius 3 is 2.42 bits per heavy atom. The average molecular weight is 424 g/mol. The summed E-state index contributed by atoms with van der Waals surface area (Å²) >= 11 is 0. The molecule has 0 amide bonds. The van der Waals surface area contributed by atoms with Crippen LogP contribution in [-0.2, 0) is 11.3 Å². The number of phenolic OH excluding ortho intramolecular Hbond substituents is 1. The minimum Gasteiger partial charge on any atom is -0.507 e. The van der Waals surface area contributed by atoms with Gasteiger partial charge in [0.15, 0.2) is 11.5 Å². The zero-order valence-corrected chi connectivity index (χ0v) is 17.9. The minimum absolute atomic E-state index is 0.160. The number of ketones is 1. The van der Waals surface area contributed by atoms with Gasteiger partial charge in [0.2, 0.25) is 5.78 Å². The standard InChI is InChI=1S/C24H26N2O5/c1-3-25-10-12-26(13-11-25)15-19-20(27)9-8-18-22(28)21(31-23(18)19)14-16-4-6-17(7-5-16)24(29)30-2/h4-9,14,27H,3,10-13,15H2,1-2H3/p+2. The Labute approximate surface area is 181 Å². The quantitative estimate of drug-likeness (QED) is 0.469. The van der Waals surface area contributed by atoms with Gasteiger partial charge in [-0.3, -0.25) is 4.79 Å². The lowest BCUT2D eigenvalue weighted by atomic mass is 10.0. The molecule has 2 aromatic rings. The van der Waals surface area contributed by atoms with Crippen molar-refractivity contribution in [1.82, 2.24) is 0 Å². The second-order valence-electron chi connectivity index (χ2n) is 8.02. The van der Waals surface area contributed by atoms with E-state index in [0.29, 0.717) is 29.0 Å².